The van der Waals surface area contributed by atoms with Crippen molar-refractivity contribution in [2.45, 2.75) is 70.7 Å². The molecule has 1 aliphatic heterocycles. The van der Waals surface area contributed by atoms with Gasteiger partial charge in [-0.15, -0.1) is 0 Å². The molecule has 1 heterocycles. The van der Waals surface area contributed by atoms with Crippen LogP contribution in [-0.2, 0) is 19.1 Å². The zero-order valence-corrected chi connectivity index (χ0v) is 16.7. The first-order valence-electron chi connectivity index (χ1n) is 9.12. The van der Waals surface area contributed by atoms with Gasteiger partial charge >= 0.3 is 11.9 Å². The normalized spacial score (nSPS) is 28.6. The van der Waals surface area contributed by atoms with Gasteiger partial charge in [0.2, 0.25) is 0 Å². The Hall–Kier alpha value is -1.48. The summed E-state index contributed by atoms with van der Waals surface area (Å²) in [6.07, 6.45) is 7.94. The van der Waals surface area contributed by atoms with E-state index in [0.29, 0.717) is 12.0 Å². The van der Waals surface area contributed by atoms with Gasteiger partial charge in [0.25, 0.3) is 0 Å². The Kier molecular flexibility index (Phi) is 12.1. The third kappa shape index (κ3) is 9.86. The SMILES string of the molecule is CC(C)=CCC1OC1(C)C1CCCCC1O.CO.O=C(O)COCC(=O)O. The van der Waals surface area contributed by atoms with Crippen molar-refractivity contribution in [3.63, 3.8) is 0 Å². The molecule has 0 aromatic heterocycles. The van der Waals surface area contributed by atoms with E-state index >= 15 is 0 Å². The lowest BCUT2D eigenvalue weighted by molar-refractivity contribution is -0.148. The quantitative estimate of drug-likeness (QED) is 0.382. The highest BCUT2D eigenvalue weighted by Crippen LogP contribution is 2.50. The van der Waals surface area contributed by atoms with E-state index in [1.54, 1.807) is 0 Å². The van der Waals surface area contributed by atoms with Crippen molar-refractivity contribution in [1.82, 2.24) is 0 Å². The molecule has 0 bridgehead atoms. The van der Waals surface area contributed by atoms with Crippen LogP contribution in [-0.4, -0.2) is 70.5 Å². The Bertz CT molecular complexity index is 472. The molecule has 8 heteroatoms. The van der Waals surface area contributed by atoms with Gasteiger partial charge in [-0.1, -0.05) is 24.5 Å². The third-order valence-electron chi connectivity index (χ3n) is 4.64. The molecule has 8 nitrogen and oxygen atoms in total. The number of aliphatic hydroxyl groups is 2. The first-order chi connectivity index (χ1) is 12.7. The van der Waals surface area contributed by atoms with Gasteiger partial charge in [-0.05, 0) is 40.0 Å². The van der Waals surface area contributed by atoms with E-state index < -0.39 is 25.2 Å². The molecule has 4 unspecified atom stereocenters. The maximum atomic E-state index is 10.0. The second kappa shape index (κ2) is 12.8. The van der Waals surface area contributed by atoms with Crippen LogP contribution in [0.15, 0.2) is 11.6 Å². The van der Waals surface area contributed by atoms with Gasteiger partial charge in [-0.2, -0.15) is 0 Å². The number of epoxide rings is 1. The monoisotopic (exact) mass is 390 g/mol. The molecule has 2 rings (SSSR count). The minimum absolute atomic E-state index is 0.0498. The summed E-state index contributed by atoms with van der Waals surface area (Å²) in [4.78, 5) is 19.3. The van der Waals surface area contributed by atoms with Crippen LogP contribution in [0.4, 0.5) is 0 Å². The van der Waals surface area contributed by atoms with Crippen LogP contribution < -0.4 is 0 Å². The van der Waals surface area contributed by atoms with E-state index in [1.807, 2.05) is 0 Å². The lowest BCUT2D eigenvalue weighted by atomic mass is 9.76. The Morgan fingerprint density at radius 2 is 1.63 bits per heavy atom. The zero-order valence-electron chi connectivity index (χ0n) is 16.7. The van der Waals surface area contributed by atoms with Crippen molar-refractivity contribution in [1.29, 1.82) is 0 Å². The van der Waals surface area contributed by atoms with E-state index in [4.69, 9.17) is 20.1 Å². The van der Waals surface area contributed by atoms with Crippen molar-refractivity contribution in [3.8, 4) is 0 Å². The van der Waals surface area contributed by atoms with Crippen LogP contribution in [0.1, 0.15) is 52.9 Å². The topological polar surface area (TPSA) is 137 Å². The number of hydrogen-bond donors (Lipinski definition) is 4. The highest BCUT2D eigenvalue weighted by Gasteiger charge is 2.58. The number of aliphatic carboxylic acids is 2. The van der Waals surface area contributed by atoms with Crippen LogP contribution in [0.25, 0.3) is 0 Å². The minimum Gasteiger partial charge on any atom is -0.480 e. The molecule has 1 aliphatic carbocycles. The molecular formula is C19H34O8. The largest absolute Gasteiger partial charge is 0.480 e. The molecule has 158 valence electrons. The zero-order chi connectivity index (χ0) is 21.0. The predicted molar refractivity (Wildman–Crippen MR) is 99.5 cm³/mol. The average Bonchev–Trinajstić information content (AvgIpc) is 3.26. The van der Waals surface area contributed by atoms with Crippen LogP contribution in [0, 0.1) is 5.92 Å². The van der Waals surface area contributed by atoms with Gasteiger partial charge in [0.05, 0.1) is 17.8 Å². The molecule has 1 saturated heterocycles. The van der Waals surface area contributed by atoms with E-state index in [1.165, 1.54) is 18.4 Å². The van der Waals surface area contributed by atoms with Crippen molar-refractivity contribution in [2.75, 3.05) is 20.3 Å². The Balaban J connectivity index is 0.000000528. The fraction of sp³-hybridized carbons (Fsp3) is 0.789. The molecular weight excluding hydrogens is 356 g/mol. The number of allylic oxidation sites excluding steroid dienone is 1. The number of aliphatic hydroxyl groups excluding tert-OH is 2. The summed E-state index contributed by atoms with van der Waals surface area (Å²) in [5.41, 5.74) is 1.30. The molecule has 0 aromatic rings. The molecule has 1 saturated carbocycles. The smallest absolute Gasteiger partial charge is 0.329 e. The molecule has 4 atom stereocenters. The molecule has 27 heavy (non-hydrogen) atoms. The summed E-state index contributed by atoms with van der Waals surface area (Å²) >= 11 is 0. The van der Waals surface area contributed by atoms with Gasteiger partial charge in [0.15, 0.2) is 0 Å². The predicted octanol–water partition coefficient (Wildman–Crippen LogP) is 1.83. The van der Waals surface area contributed by atoms with E-state index in [2.05, 4.69) is 31.6 Å². The fourth-order valence-electron chi connectivity index (χ4n) is 3.23. The number of carbonyl (C=O) groups is 2. The second-order valence-electron chi connectivity index (χ2n) is 7.05. The lowest BCUT2D eigenvalue weighted by Gasteiger charge is -2.31. The summed E-state index contributed by atoms with van der Waals surface area (Å²) in [5.74, 6) is -1.98. The van der Waals surface area contributed by atoms with Gasteiger partial charge in [-0.25, -0.2) is 9.59 Å². The highest BCUT2D eigenvalue weighted by atomic mass is 16.6. The molecule has 0 radical (unpaired) electrons. The summed E-state index contributed by atoms with van der Waals surface area (Å²) in [5, 5.41) is 32.9. The molecule has 0 aromatic carbocycles. The first-order valence-corrected chi connectivity index (χ1v) is 9.12. The Morgan fingerprint density at radius 1 is 1.11 bits per heavy atom. The maximum Gasteiger partial charge on any atom is 0.329 e. The van der Waals surface area contributed by atoms with Crippen molar-refractivity contribution < 1.29 is 39.5 Å². The Labute approximate surface area is 160 Å². The maximum absolute atomic E-state index is 10.0. The van der Waals surface area contributed by atoms with Gasteiger partial charge in [0, 0.05) is 13.0 Å². The molecule has 2 fully saturated rings. The third-order valence-corrected chi connectivity index (χ3v) is 4.64. The average molecular weight is 390 g/mol. The lowest BCUT2D eigenvalue weighted by Crippen LogP contribution is -2.36. The number of carboxylic acids is 2. The van der Waals surface area contributed by atoms with Crippen LogP contribution in [0.5, 0.6) is 0 Å². The summed E-state index contributed by atoms with van der Waals surface area (Å²) < 4.78 is 10.0. The summed E-state index contributed by atoms with van der Waals surface area (Å²) in [6, 6.07) is 0. The van der Waals surface area contributed by atoms with Gasteiger partial charge in [0.1, 0.15) is 13.2 Å². The summed E-state index contributed by atoms with van der Waals surface area (Å²) in [7, 11) is 1.00. The van der Waals surface area contributed by atoms with Crippen molar-refractivity contribution >= 4 is 11.9 Å². The fourth-order valence-corrected chi connectivity index (χ4v) is 3.23. The number of ether oxygens (including phenoxy) is 2. The second-order valence-corrected chi connectivity index (χ2v) is 7.05. The van der Waals surface area contributed by atoms with Crippen LogP contribution in [0.3, 0.4) is 0 Å². The summed E-state index contributed by atoms with van der Waals surface area (Å²) in [6.45, 7) is 5.29. The molecule has 4 N–H and O–H groups in total. The van der Waals surface area contributed by atoms with E-state index in [9.17, 15) is 14.7 Å². The molecule has 2 aliphatic rings. The first kappa shape index (κ1) is 25.5. The molecule has 0 amide bonds. The standard InChI is InChI=1S/C14H24O2.C4H6O5.CH4O/c1-10(2)8-9-13-14(3,16-13)11-6-4-5-7-12(11)15;5-3(6)1-9-2-4(7)8;1-2/h8,11-13,15H,4-7,9H2,1-3H3;1-2H2,(H,5,6)(H,7,8);2H,1H3. The van der Waals surface area contributed by atoms with Gasteiger partial charge in [-0.3, -0.25) is 0 Å². The number of hydrogen-bond acceptors (Lipinski definition) is 6. The minimum atomic E-state index is -1.17. The highest BCUT2D eigenvalue weighted by molar-refractivity contribution is 5.70. The van der Waals surface area contributed by atoms with E-state index in [0.717, 1.165) is 26.4 Å². The van der Waals surface area contributed by atoms with E-state index in [-0.39, 0.29) is 11.7 Å². The van der Waals surface area contributed by atoms with Crippen LogP contribution >= 0.6 is 0 Å². The Morgan fingerprint density at radius 3 is 2.07 bits per heavy atom. The van der Waals surface area contributed by atoms with Gasteiger partial charge < -0.3 is 29.9 Å². The van der Waals surface area contributed by atoms with Crippen LogP contribution in [0.2, 0.25) is 0 Å². The number of carboxylic acid groups (broad SMARTS) is 2. The molecule has 0 spiro atoms. The number of rotatable bonds is 7. The van der Waals surface area contributed by atoms with Crippen molar-refractivity contribution in [2.24, 2.45) is 5.92 Å². The van der Waals surface area contributed by atoms with Crippen molar-refractivity contribution in [3.05, 3.63) is 11.6 Å².